The summed E-state index contributed by atoms with van der Waals surface area (Å²) in [7, 11) is 0. The summed E-state index contributed by atoms with van der Waals surface area (Å²) in [6.45, 7) is 6.26. The largest absolute Gasteiger partial charge is 0.379 e. The molecule has 1 fully saturated rings. The predicted molar refractivity (Wildman–Crippen MR) is 130 cm³/mol. The van der Waals surface area contributed by atoms with Crippen molar-refractivity contribution in [2.45, 2.75) is 13.3 Å². The van der Waals surface area contributed by atoms with Crippen molar-refractivity contribution in [1.29, 1.82) is 0 Å². The molecule has 1 saturated heterocycles. The number of aromatic nitrogens is 1. The van der Waals surface area contributed by atoms with Crippen LogP contribution in [0.2, 0.25) is 0 Å². The van der Waals surface area contributed by atoms with E-state index in [1.807, 2.05) is 54.6 Å². The molecule has 1 N–H and O–H groups in total. The highest BCUT2D eigenvalue weighted by molar-refractivity contribution is 5.99. The van der Waals surface area contributed by atoms with Crippen LogP contribution in [0.1, 0.15) is 22.5 Å². The van der Waals surface area contributed by atoms with Crippen LogP contribution in [0, 0.1) is 6.92 Å². The minimum Gasteiger partial charge on any atom is -0.379 e. The van der Waals surface area contributed by atoms with E-state index >= 15 is 0 Å². The van der Waals surface area contributed by atoms with Crippen LogP contribution in [0.15, 0.2) is 65.2 Å². The lowest BCUT2D eigenvalue weighted by molar-refractivity contribution is -0.117. The van der Waals surface area contributed by atoms with Crippen LogP contribution >= 0.6 is 0 Å². The molecular formula is C26H30N4O4. The molecule has 2 heterocycles. The van der Waals surface area contributed by atoms with Gasteiger partial charge < -0.3 is 19.5 Å². The summed E-state index contributed by atoms with van der Waals surface area (Å²) in [6, 6.07) is 19.2. The molecular weight excluding hydrogens is 432 g/mol. The van der Waals surface area contributed by atoms with Gasteiger partial charge in [0.25, 0.3) is 5.91 Å². The Bertz CT molecular complexity index is 1080. The van der Waals surface area contributed by atoms with E-state index in [2.05, 4.69) is 15.4 Å². The Morgan fingerprint density at radius 1 is 1.03 bits per heavy atom. The molecule has 8 nitrogen and oxygen atoms in total. The number of hydrogen-bond acceptors (Lipinski definition) is 6. The maximum absolute atomic E-state index is 13.3. The first-order valence-corrected chi connectivity index (χ1v) is 11.6. The van der Waals surface area contributed by atoms with E-state index in [1.165, 1.54) is 0 Å². The Morgan fingerprint density at radius 2 is 1.74 bits per heavy atom. The van der Waals surface area contributed by atoms with Gasteiger partial charge in [-0.25, -0.2) is 0 Å². The number of anilines is 1. The molecule has 0 aliphatic carbocycles. The summed E-state index contributed by atoms with van der Waals surface area (Å²) in [5.41, 5.74) is 2.68. The molecule has 0 saturated carbocycles. The summed E-state index contributed by atoms with van der Waals surface area (Å²) >= 11 is 0. The first kappa shape index (κ1) is 23.7. The van der Waals surface area contributed by atoms with Gasteiger partial charge in [0.2, 0.25) is 5.91 Å². The monoisotopic (exact) mass is 462 g/mol. The van der Waals surface area contributed by atoms with Gasteiger partial charge in [-0.15, -0.1) is 0 Å². The zero-order chi connectivity index (χ0) is 23.8. The van der Waals surface area contributed by atoms with Crippen molar-refractivity contribution in [2.24, 2.45) is 0 Å². The van der Waals surface area contributed by atoms with Gasteiger partial charge in [0.05, 0.1) is 13.2 Å². The van der Waals surface area contributed by atoms with Crippen LogP contribution in [0.5, 0.6) is 0 Å². The van der Waals surface area contributed by atoms with Crippen LogP contribution in [0.3, 0.4) is 0 Å². The lowest BCUT2D eigenvalue weighted by Crippen LogP contribution is -2.41. The average Bonchev–Trinajstić information content (AvgIpc) is 3.28. The van der Waals surface area contributed by atoms with Crippen molar-refractivity contribution in [3.8, 4) is 11.1 Å². The molecule has 2 aromatic carbocycles. The van der Waals surface area contributed by atoms with Crippen LogP contribution < -0.4 is 5.32 Å². The maximum atomic E-state index is 13.3. The van der Waals surface area contributed by atoms with Gasteiger partial charge in [-0.2, -0.15) is 0 Å². The Labute approximate surface area is 199 Å². The fourth-order valence-electron chi connectivity index (χ4n) is 3.96. The highest BCUT2D eigenvalue weighted by Crippen LogP contribution is 2.20. The number of ether oxygens (including phenoxy) is 1. The molecule has 0 atom stereocenters. The quantitative estimate of drug-likeness (QED) is 0.524. The zero-order valence-corrected chi connectivity index (χ0v) is 19.4. The minimum absolute atomic E-state index is 0.0612. The number of hydrogen-bond donors (Lipinski definition) is 1. The lowest BCUT2D eigenvalue weighted by Gasteiger charge is -2.28. The van der Waals surface area contributed by atoms with E-state index in [0.717, 1.165) is 50.4 Å². The molecule has 3 aromatic rings. The average molecular weight is 463 g/mol. The Balaban J connectivity index is 1.42. The summed E-state index contributed by atoms with van der Waals surface area (Å²) in [6.07, 6.45) is 0.768. The molecule has 1 aromatic heterocycles. The number of amides is 2. The minimum atomic E-state index is -0.311. The third kappa shape index (κ3) is 6.52. The van der Waals surface area contributed by atoms with Crippen molar-refractivity contribution in [2.75, 3.05) is 51.3 Å². The lowest BCUT2D eigenvalue weighted by atomic mass is 10.0. The summed E-state index contributed by atoms with van der Waals surface area (Å²) in [4.78, 5) is 29.9. The number of rotatable bonds is 9. The number of nitrogens with one attached hydrogen (secondary N) is 1. The number of benzene rings is 2. The third-order valence-electron chi connectivity index (χ3n) is 5.76. The van der Waals surface area contributed by atoms with E-state index in [-0.39, 0.29) is 18.4 Å². The normalized spacial score (nSPS) is 14.0. The molecule has 0 unspecified atom stereocenters. The maximum Gasteiger partial charge on any atom is 0.254 e. The fraction of sp³-hybridized carbons (Fsp3) is 0.346. The Hall–Kier alpha value is -3.49. The van der Waals surface area contributed by atoms with Crippen molar-refractivity contribution < 1.29 is 18.8 Å². The van der Waals surface area contributed by atoms with Gasteiger partial charge in [-0.05, 0) is 36.6 Å². The van der Waals surface area contributed by atoms with E-state index in [4.69, 9.17) is 9.26 Å². The number of nitrogens with zero attached hydrogens (tertiary/aromatic N) is 3. The molecule has 0 radical (unpaired) electrons. The second-order valence-electron chi connectivity index (χ2n) is 8.35. The van der Waals surface area contributed by atoms with Crippen molar-refractivity contribution in [3.05, 3.63) is 72.0 Å². The van der Waals surface area contributed by atoms with Crippen LogP contribution in [-0.2, 0) is 9.53 Å². The highest BCUT2D eigenvalue weighted by Gasteiger charge is 2.20. The standard InChI is InChI=1S/C26H30N4O4/c1-20-18-24(28-34-20)27-25(31)19-30(13-5-12-29-14-16-33-17-15-29)26(32)23-10-8-22(9-11-23)21-6-3-2-4-7-21/h2-4,6-11,18H,5,12-17,19H2,1H3,(H,27,28,31). The van der Waals surface area contributed by atoms with Crippen LogP contribution in [0.25, 0.3) is 11.1 Å². The summed E-state index contributed by atoms with van der Waals surface area (Å²) in [5.74, 6) is 0.463. The predicted octanol–water partition coefficient (Wildman–Crippen LogP) is 3.45. The third-order valence-corrected chi connectivity index (χ3v) is 5.76. The number of morpholine rings is 1. The highest BCUT2D eigenvalue weighted by atomic mass is 16.5. The summed E-state index contributed by atoms with van der Waals surface area (Å²) in [5, 5.41) is 6.50. The van der Waals surface area contributed by atoms with Gasteiger partial charge in [-0.1, -0.05) is 47.6 Å². The van der Waals surface area contributed by atoms with Gasteiger partial charge in [0, 0.05) is 37.8 Å². The van der Waals surface area contributed by atoms with Gasteiger partial charge in [0.15, 0.2) is 5.82 Å². The van der Waals surface area contributed by atoms with Gasteiger partial charge in [0.1, 0.15) is 12.3 Å². The molecule has 0 bridgehead atoms. The number of carbonyl (C=O) groups excluding carboxylic acids is 2. The summed E-state index contributed by atoms with van der Waals surface area (Å²) < 4.78 is 10.4. The molecule has 4 rings (SSSR count). The number of carbonyl (C=O) groups is 2. The van der Waals surface area contributed by atoms with Crippen LogP contribution in [0.4, 0.5) is 5.82 Å². The van der Waals surface area contributed by atoms with Crippen molar-refractivity contribution in [1.82, 2.24) is 15.0 Å². The molecule has 178 valence electrons. The molecule has 0 spiro atoms. The number of aryl methyl sites for hydroxylation is 1. The Morgan fingerprint density at radius 3 is 2.41 bits per heavy atom. The zero-order valence-electron chi connectivity index (χ0n) is 19.4. The fourth-order valence-corrected chi connectivity index (χ4v) is 3.96. The van der Waals surface area contributed by atoms with E-state index < -0.39 is 0 Å². The van der Waals surface area contributed by atoms with Gasteiger partial charge in [-0.3, -0.25) is 14.5 Å². The first-order chi connectivity index (χ1) is 16.6. The van der Waals surface area contributed by atoms with E-state index in [9.17, 15) is 9.59 Å². The van der Waals surface area contributed by atoms with E-state index in [1.54, 1.807) is 17.9 Å². The second kappa shape index (κ2) is 11.6. The topological polar surface area (TPSA) is 87.9 Å². The Kier molecular flexibility index (Phi) is 8.06. The molecule has 1 aliphatic rings. The SMILES string of the molecule is Cc1cc(NC(=O)CN(CCCN2CCOCC2)C(=O)c2ccc(-c3ccccc3)cc2)no1. The first-order valence-electron chi connectivity index (χ1n) is 11.6. The van der Waals surface area contributed by atoms with Crippen molar-refractivity contribution >= 4 is 17.6 Å². The second-order valence-corrected chi connectivity index (χ2v) is 8.35. The van der Waals surface area contributed by atoms with E-state index in [0.29, 0.717) is 23.7 Å². The smallest absolute Gasteiger partial charge is 0.254 e. The van der Waals surface area contributed by atoms with Gasteiger partial charge >= 0.3 is 0 Å². The molecule has 34 heavy (non-hydrogen) atoms. The molecule has 8 heteroatoms. The molecule has 1 aliphatic heterocycles. The van der Waals surface area contributed by atoms with Crippen LogP contribution in [-0.4, -0.2) is 72.7 Å². The van der Waals surface area contributed by atoms with Crippen molar-refractivity contribution in [3.63, 3.8) is 0 Å². The molecule has 2 amide bonds.